The number of sulfonamides is 1. The summed E-state index contributed by atoms with van der Waals surface area (Å²) in [5.74, 6) is 0. The second-order valence-electron chi connectivity index (χ2n) is 16.8. The Kier molecular flexibility index (Phi) is 16.5. The molecule has 0 aromatic heterocycles. The van der Waals surface area contributed by atoms with Gasteiger partial charge in [-0.05, 0) is 34.4 Å². The molecule has 0 amide bonds. The first-order valence-corrected chi connectivity index (χ1v) is 24.4. The van der Waals surface area contributed by atoms with Crippen molar-refractivity contribution in [1.82, 2.24) is 4.72 Å². The van der Waals surface area contributed by atoms with E-state index in [1.165, 1.54) is 19.2 Å². The van der Waals surface area contributed by atoms with E-state index in [4.69, 9.17) is 47.4 Å². The molecular formula is C54H57NO12S. The molecule has 356 valence electrons. The van der Waals surface area contributed by atoms with Gasteiger partial charge in [-0.3, -0.25) is 0 Å². The zero-order valence-corrected chi connectivity index (χ0v) is 38.5. The van der Waals surface area contributed by atoms with E-state index in [1.807, 2.05) is 152 Å². The van der Waals surface area contributed by atoms with E-state index < -0.39 is 77.7 Å². The number of rotatable bonds is 20. The predicted molar refractivity (Wildman–Crippen MR) is 251 cm³/mol. The Morgan fingerprint density at radius 3 is 1.56 bits per heavy atom. The van der Waals surface area contributed by atoms with Gasteiger partial charge in [-0.2, -0.15) is 0 Å². The summed E-state index contributed by atoms with van der Waals surface area (Å²) in [5.41, 5.74) is 4.47. The van der Waals surface area contributed by atoms with E-state index in [0.29, 0.717) is 0 Å². The number of fused-ring (bicyclic) bond motifs is 1. The Morgan fingerprint density at radius 2 is 1.01 bits per heavy atom. The Hall–Kier alpha value is -5.17. The van der Waals surface area contributed by atoms with Crippen LogP contribution in [0.15, 0.2) is 187 Å². The van der Waals surface area contributed by atoms with Gasteiger partial charge in [0.15, 0.2) is 18.9 Å². The number of benzene rings is 6. The van der Waals surface area contributed by atoms with Gasteiger partial charge in [0, 0.05) is 12.7 Å². The Morgan fingerprint density at radius 1 is 0.529 bits per heavy atom. The van der Waals surface area contributed by atoms with E-state index in [2.05, 4.69) is 4.72 Å². The summed E-state index contributed by atoms with van der Waals surface area (Å²) in [6.45, 7) is 0.956. The first-order valence-electron chi connectivity index (χ1n) is 22.9. The second-order valence-corrected chi connectivity index (χ2v) is 18.6. The van der Waals surface area contributed by atoms with E-state index in [1.54, 1.807) is 18.2 Å². The van der Waals surface area contributed by atoms with Crippen molar-refractivity contribution < 1.29 is 55.8 Å². The molecule has 3 aliphatic heterocycles. The van der Waals surface area contributed by atoms with Gasteiger partial charge in [-0.1, -0.05) is 170 Å². The zero-order chi connectivity index (χ0) is 46.5. The minimum absolute atomic E-state index is 0.0320. The summed E-state index contributed by atoms with van der Waals surface area (Å²) in [6, 6.07) is 55.5. The summed E-state index contributed by atoms with van der Waals surface area (Å²) >= 11 is 0. The van der Waals surface area contributed by atoms with Crippen LogP contribution >= 0.6 is 0 Å². The van der Waals surface area contributed by atoms with Crippen LogP contribution in [0.5, 0.6) is 0 Å². The van der Waals surface area contributed by atoms with Gasteiger partial charge in [0.25, 0.3) is 0 Å². The van der Waals surface area contributed by atoms with Gasteiger partial charge in [-0.25, -0.2) is 13.1 Å². The Labute approximate surface area is 398 Å². The van der Waals surface area contributed by atoms with Crippen molar-refractivity contribution in [3.63, 3.8) is 0 Å². The SMILES string of the molecule is CO[C@@H]1O[C@@H]2CO[C@@H](c3ccccc3)O[C@H]2[C@H](OCc2ccccc2)[C@H]1O[C@@H]1O[C@H](COCc2ccccc2)[C@@H](OCc2ccccc2)[C@H](OCc2ccccc2)[C@H]1NS(=O)(=O)c1ccccc1. The van der Waals surface area contributed by atoms with Crippen molar-refractivity contribution in [2.24, 2.45) is 0 Å². The second kappa shape index (κ2) is 23.4. The minimum Gasteiger partial charge on any atom is -0.374 e. The molecule has 13 nitrogen and oxygen atoms in total. The van der Waals surface area contributed by atoms with Crippen LogP contribution in [-0.2, 0) is 83.8 Å². The van der Waals surface area contributed by atoms with Crippen molar-refractivity contribution in [2.45, 2.75) is 99.0 Å². The van der Waals surface area contributed by atoms with Crippen LogP contribution in [0, 0.1) is 0 Å². The molecule has 14 heteroatoms. The zero-order valence-electron chi connectivity index (χ0n) is 37.7. The smallest absolute Gasteiger partial charge is 0.241 e. The topological polar surface area (TPSA) is 138 Å². The largest absolute Gasteiger partial charge is 0.374 e. The molecule has 1 N–H and O–H groups in total. The fourth-order valence-corrected chi connectivity index (χ4v) is 9.95. The highest BCUT2D eigenvalue weighted by molar-refractivity contribution is 7.89. The third-order valence-electron chi connectivity index (χ3n) is 12.1. The molecule has 6 aromatic carbocycles. The number of nitrogens with one attached hydrogen (secondary N) is 1. The van der Waals surface area contributed by atoms with Crippen molar-refractivity contribution in [1.29, 1.82) is 0 Å². The molecule has 6 aromatic rings. The van der Waals surface area contributed by atoms with Crippen LogP contribution in [0.25, 0.3) is 0 Å². The van der Waals surface area contributed by atoms with Crippen LogP contribution in [0.2, 0.25) is 0 Å². The lowest BCUT2D eigenvalue weighted by Crippen LogP contribution is -2.69. The lowest BCUT2D eigenvalue weighted by molar-refractivity contribution is -0.390. The first kappa shape index (κ1) is 47.9. The van der Waals surface area contributed by atoms with Crippen molar-refractivity contribution >= 4 is 10.0 Å². The van der Waals surface area contributed by atoms with E-state index in [9.17, 15) is 8.42 Å². The quantitative estimate of drug-likeness (QED) is 0.0797. The summed E-state index contributed by atoms with van der Waals surface area (Å²) in [5, 5.41) is 0. The van der Waals surface area contributed by atoms with E-state index >= 15 is 0 Å². The van der Waals surface area contributed by atoms with Gasteiger partial charge in [0.05, 0.1) is 44.5 Å². The summed E-state index contributed by atoms with van der Waals surface area (Å²) in [4.78, 5) is 0.0425. The molecule has 3 saturated heterocycles. The summed E-state index contributed by atoms with van der Waals surface area (Å²) in [7, 11) is -2.74. The molecule has 0 spiro atoms. The van der Waals surface area contributed by atoms with Crippen LogP contribution in [-0.4, -0.2) is 90.1 Å². The maximum atomic E-state index is 14.6. The average Bonchev–Trinajstić information content (AvgIpc) is 3.39. The van der Waals surface area contributed by atoms with Gasteiger partial charge in [0.1, 0.15) is 48.8 Å². The number of hydrogen-bond acceptors (Lipinski definition) is 12. The predicted octanol–water partition coefficient (Wildman–Crippen LogP) is 7.90. The molecule has 9 rings (SSSR count). The van der Waals surface area contributed by atoms with Crippen LogP contribution < -0.4 is 4.72 Å². The molecule has 0 aliphatic carbocycles. The lowest BCUT2D eigenvalue weighted by atomic mass is 9.95. The average molecular weight is 944 g/mol. The molecule has 0 radical (unpaired) electrons. The molecule has 3 aliphatic rings. The van der Waals surface area contributed by atoms with Gasteiger partial charge in [-0.15, -0.1) is 0 Å². The molecular weight excluding hydrogens is 887 g/mol. The molecule has 0 unspecified atom stereocenters. The minimum atomic E-state index is -4.26. The standard InChI is InChI=1S/C54H57NO12S/c1-58-54-51(50(62-35-41-26-14-5-15-27-41)48-45(65-54)37-63-52(66-48)42-28-16-6-17-29-42)67-53-46(55-68(56,57)43-30-18-7-19-31-43)49(61-34-40-24-12-4-13-25-40)47(60-33-39-22-10-3-11-23-39)44(64-53)36-59-32-38-20-8-2-9-21-38/h2-31,44-55H,32-37H2,1H3/t44-,45-,46-,47-,48-,49-,50+,51-,52-,53+,54-/m1/s1. The summed E-state index contributed by atoms with van der Waals surface area (Å²) < 4.78 is 99.0. The molecule has 0 saturated carbocycles. The van der Waals surface area contributed by atoms with Crippen LogP contribution in [0.4, 0.5) is 0 Å². The highest BCUT2D eigenvalue weighted by Crippen LogP contribution is 2.39. The maximum absolute atomic E-state index is 14.6. The fraction of sp³-hybridized carbons (Fsp3) is 0.333. The van der Waals surface area contributed by atoms with Crippen molar-refractivity contribution in [3.05, 3.63) is 210 Å². The molecule has 68 heavy (non-hydrogen) atoms. The van der Waals surface area contributed by atoms with E-state index in [0.717, 1.165) is 27.8 Å². The first-order chi connectivity index (χ1) is 33.4. The third-order valence-corrected chi connectivity index (χ3v) is 13.6. The highest BCUT2D eigenvalue weighted by Gasteiger charge is 2.56. The van der Waals surface area contributed by atoms with Gasteiger partial charge in [0.2, 0.25) is 10.0 Å². The number of ether oxygens (including phenoxy) is 10. The molecule has 0 bridgehead atoms. The van der Waals surface area contributed by atoms with Crippen molar-refractivity contribution in [2.75, 3.05) is 20.3 Å². The van der Waals surface area contributed by atoms with Crippen LogP contribution in [0.3, 0.4) is 0 Å². The van der Waals surface area contributed by atoms with Gasteiger partial charge >= 0.3 is 0 Å². The Balaban J connectivity index is 1.11. The molecule has 3 heterocycles. The summed E-state index contributed by atoms with van der Waals surface area (Å²) in [6.07, 6.45) is -9.17. The Bertz CT molecular complexity index is 2510. The monoisotopic (exact) mass is 943 g/mol. The maximum Gasteiger partial charge on any atom is 0.241 e. The number of methoxy groups -OCH3 is 1. The van der Waals surface area contributed by atoms with Crippen LogP contribution in [0.1, 0.15) is 34.1 Å². The highest BCUT2D eigenvalue weighted by atomic mass is 32.2. The van der Waals surface area contributed by atoms with Gasteiger partial charge < -0.3 is 47.4 Å². The fourth-order valence-electron chi connectivity index (χ4n) is 8.70. The molecule has 3 fully saturated rings. The normalized spacial score (nSPS) is 27.3. The van der Waals surface area contributed by atoms with Crippen molar-refractivity contribution in [3.8, 4) is 0 Å². The van der Waals surface area contributed by atoms with E-state index in [-0.39, 0.29) is 44.5 Å². The lowest BCUT2D eigenvalue weighted by Gasteiger charge is -2.51. The number of hydrogen-bond donors (Lipinski definition) is 1. The third kappa shape index (κ3) is 12.2. The molecule has 11 atom stereocenters.